The third kappa shape index (κ3) is 6.26. The van der Waals surface area contributed by atoms with Crippen molar-refractivity contribution in [2.24, 2.45) is 0 Å². The lowest BCUT2D eigenvalue weighted by atomic mass is 9.90. The highest BCUT2D eigenvalue weighted by atomic mass is 32.2. The number of rotatable bonds is 12. The molecule has 0 aliphatic carbocycles. The van der Waals surface area contributed by atoms with Gasteiger partial charge in [0.15, 0.2) is 0 Å². The van der Waals surface area contributed by atoms with Crippen LogP contribution in [0.5, 0.6) is 0 Å². The van der Waals surface area contributed by atoms with Crippen molar-refractivity contribution in [2.75, 3.05) is 12.4 Å². The maximum Gasteiger partial charge on any atom is 0.137 e. The molecule has 0 radical (unpaired) electrons. The van der Waals surface area contributed by atoms with Crippen LogP contribution in [0.15, 0.2) is 30.9 Å². The number of aliphatic hydroxyl groups is 2. The van der Waals surface area contributed by atoms with Gasteiger partial charge in [-0.15, -0.1) is 0 Å². The Morgan fingerprint density at radius 2 is 1.93 bits per heavy atom. The summed E-state index contributed by atoms with van der Waals surface area (Å²) >= 11 is 1.56. The smallest absolute Gasteiger partial charge is 0.137 e. The third-order valence-electron chi connectivity index (χ3n) is 4.61. The average molecular weight is 400 g/mol. The third-order valence-corrected chi connectivity index (χ3v) is 6.02. The van der Waals surface area contributed by atoms with E-state index in [1.165, 1.54) is 23.4 Å². The van der Waals surface area contributed by atoms with Gasteiger partial charge in [0, 0.05) is 23.5 Å². The second-order valence-corrected chi connectivity index (χ2v) is 8.09. The Hall–Kier alpha value is -1.51. The Kier molecular flexibility index (Phi) is 8.66. The number of halogens is 2. The van der Waals surface area contributed by atoms with E-state index in [4.69, 9.17) is 5.11 Å². The molecule has 0 bridgehead atoms. The summed E-state index contributed by atoms with van der Waals surface area (Å²) in [4.78, 5) is 3.87. The summed E-state index contributed by atoms with van der Waals surface area (Å²) in [6.07, 6.45) is 7.73. The SMILES string of the molecule is C[C@@H](SCCCCCCCO)[C@](O)(Cn1cncn1)c1ccc(F)cc1F. The van der Waals surface area contributed by atoms with Crippen molar-refractivity contribution in [3.8, 4) is 0 Å². The normalized spacial score (nSPS) is 14.9. The van der Waals surface area contributed by atoms with Crippen molar-refractivity contribution in [3.05, 3.63) is 48.1 Å². The van der Waals surface area contributed by atoms with E-state index in [9.17, 15) is 13.9 Å². The monoisotopic (exact) mass is 399 g/mol. The first-order valence-electron chi connectivity index (χ1n) is 9.20. The van der Waals surface area contributed by atoms with Gasteiger partial charge in [-0.1, -0.05) is 32.3 Å². The minimum absolute atomic E-state index is 0.0280. The molecular weight excluding hydrogens is 372 g/mol. The second-order valence-electron chi connectivity index (χ2n) is 6.65. The zero-order valence-electron chi connectivity index (χ0n) is 15.5. The van der Waals surface area contributed by atoms with Crippen LogP contribution in [0.1, 0.15) is 44.6 Å². The summed E-state index contributed by atoms with van der Waals surface area (Å²) in [5.41, 5.74) is -1.49. The Bertz CT molecular complexity index is 688. The lowest BCUT2D eigenvalue weighted by Gasteiger charge is -2.34. The maximum absolute atomic E-state index is 14.4. The van der Waals surface area contributed by atoms with Crippen molar-refractivity contribution in [1.82, 2.24) is 14.8 Å². The van der Waals surface area contributed by atoms with Crippen LogP contribution in [0.4, 0.5) is 8.78 Å². The lowest BCUT2D eigenvalue weighted by Crippen LogP contribution is -2.41. The predicted octanol–water partition coefficient (Wildman–Crippen LogP) is 3.51. The van der Waals surface area contributed by atoms with Gasteiger partial charge in [-0.2, -0.15) is 16.9 Å². The zero-order chi connectivity index (χ0) is 19.7. The maximum atomic E-state index is 14.4. The standard InChI is InChI=1S/C19H27F2N3O2S/c1-15(27-10-6-4-2-3-5-9-25)19(26,12-24-14-22-13-23-24)17-8-7-16(20)11-18(17)21/h7-8,11,13-15,25-26H,2-6,9-10,12H2,1H3/t15-,19-/m1/s1. The lowest BCUT2D eigenvalue weighted by molar-refractivity contribution is 0.0133. The molecule has 1 aromatic carbocycles. The van der Waals surface area contributed by atoms with E-state index < -0.39 is 17.2 Å². The van der Waals surface area contributed by atoms with Crippen molar-refractivity contribution >= 4 is 11.8 Å². The van der Waals surface area contributed by atoms with Gasteiger partial charge < -0.3 is 10.2 Å². The molecule has 2 aromatic rings. The van der Waals surface area contributed by atoms with Gasteiger partial charge in [0.1, 0.15) is 29.9 Å². The minimum Gasteiger partial charge on any atom is -0.396 e. The topological polar surface area (TPSA) is 71.2 Å². The van der Waals surface area contributed by atoms with E-state index in [1.807, 2.05) is 6.92 Å². The van der Waals surface area contributed by atoms with Gasteiger partial charge in [0.2, 0.25) is 0 Å². The molecule has 1 aromatic heterocycles. The van der Waals surface area contributed by atoms with Crippen molar-refractivity contribution in [2.45, 2.75) is 56.4 Å². The van der Waals surface area contributed by atoms with Crippen molar-refractivity contribution in [3.63, 3.8) is 0 Å². The van der Waals surface area contributed by atoms with Crippen molar-refractivity contribution < 1.29 is 19.0 Å². The first-order chi connectivity index (χ1) is 13.0. The fourth-order valence-electron chi connectivity index (χ4n) is 2.98. The molecule has 2 rings (SSSR count). The molecule has 5 nitrogen and oxygen atoms in total. The molecule has 1 heterocycles. The number of aliphatic hydroxyl groups excluding tert-OH is 1. The second kappa shape index (κ2) is 10.7. The molecule has 0 aliphatic heterocycles. The highest BCUT2D eigenvalue weighted by Crippen LogP contribution is 2.36. The molecule has 0 unspecified atom stereocenters. The molecular formula is C19H27F2N3O2S. The number of nitrogens with zero attached hydrogens (tertiary/aromatic N) is 3. The van der Waals surface area contributed by atoms with Crippen LogP contribution < -0.4 is 0 Å². The predicted molar refractivity (Wildman–Crippen MR) is 102 cm³/mol. The molecule has 0 aliphatic rings. The molecule has 150 valence electrons. The molecule has 8 heteroatoms. The molecule has 2 N–H and O–H groups in total. The van der Waals surface area contributed by atoms with Gasteiger partial charge in [-0.3, -0.25) is 0 Å². The van der Waals surface area contributed by atoms with E-state index in [0.29, 0.717) is 0 Å². The molecule has 0 saturated heterocycles. The Morgan fingerprint density at radius 3 is 2.59 bits per heavy atom. The van der Waals surface area contributed by atoms with E-state index in [1.54, 1.807) is 11.8 Å². The number of thioether (sulfide) groups is 1. The van der Waals surface area contributed by atoms with Crippen LogP contribution >= 0.6 is 11.8 Å². The minimum atomic E-state index is -1.55. The number of aromatic nitrogens is 3. The van der Waals surface area contributed by atoms with Gasteiger partial charge in [-0.05, 0) is 24.7 Å². The van der Waals surface area contributed by atoms with E-state index in [2.05, 4.69) is 10.1 Å². The van der Waals surface area contributed by atoms with Crippen LogP contribution in [0.2, 0.25) is 0 Å². The fourth-order valence-corrected chi connectivity index (χ4v) is 4.18. The van der Waals surface area contributed by atoms with Crippen LogP contribution in [0.25, 0.3) is 0 Å². The number of hydrogen-bond donors (Lipinski definition) is 2. The molecule has 0 amide bonds. The Balaban J connectivity index is 2.05. The summed E-state index contributed by atoms with van der Waals surface area (Å²) in [7, 11) is 0. The summed E-state index contributed by atoms with van der Waals surface area (Å²) < 4.78 is 29.2. The van der Waals surface area contributed by atoms with Gasteiger partial charge >= 0.3 is 0 Å². The van der Waals surface area contributed by atoms with Crippen LogP contribution in [-0.4, -0.2) is 42.6 Å². The van der Waals surface area contributed by atoms with Crippen molar-refractivity contribution in [1.29, 1.82) is 0 Å². The zero-order valence-corrected chi connectivity index (χ0v) is 16.3. The number of unbranched alkanes of at least 4 members (excludes halogenated alkanes) is 4. The molecule has 2 atom stereocenters. The summed E-state index contributed by atoms with van der Waals surface area (Å²) in [5.74, 6) is -0.625. The summed E-state index contributed by atoms with van der Waals surface area (Å²) in [6.45, 7) is 2.10. The number of hydrogen-bond acceptors (Lipinski definition) is 5. The molecule has 0 fully saturated rings. The highest BCUT2D eigenvalue weighted by Gasteiger charge is 2.39. The number of benzene rings is 1. The van der Waals surface area contributed by atoms with E-state index in [-0.39, 0.29) is 24.0 Å². The van der Waals surface area contributed by atoms with Crippen LogP contribution in [0, 0.1) is 11.6 Å². The van der Waals surface area contributed by atoms with Crippen LogP contribution in [-0.2, 0) is 12.1 Å². The van der Waals surface area contributed by atoms with Gasteiger partial charge in [0.05, 0.1) is 6.54 Å². The summed E-state index contributed by atoms with van der Waals surface area (Å²) in [5, 5.41) is 23.8. The quantitative estimate of drug-likeness (QED) is 0.535. The summed E-state index contributed by atoms with van der Waals surface area (Å²) in [6, 6.07) is 3.25. The Labute approximate surface area is 162 Å². The first-order valence-corrected chi connectivity index (χ1v) is 10.2. The van der Waals surface area contributed by atoms with Gasteiger partial charge in [0.25, 0.3) is 0 Å². The Morgan fingerprint density at radius 1 is 1.19 bits per heavy atom. The fraction of sp³-hybridized carbons (Fsp3) is 0.579. The largest absolute Gasteiger partial charge is 0.396 e. The average Bonchev–Trinajstić information content (AvgIpc) is 3.13. The molecule has 0 saturated carbocycles. The van der Waals surface area contributed by atoms with E-state index >= 15 is 0 Å². The van der Waals surface area contributed by atoms with Gasteiger partial charge in [-0.25, -0.2) is 18.4 Å². The van der Waals surface area contributed by atoms with Crippen LogP contribution in [0.3, 0.4) is 0 Å². The molecule has 27 heavy (non-hydrogen) atoms. The highest BCUT2D eigenvalue weighted by molar-refractivity contribution is 7.99. The molecule has 0 spiro atoms. The van der Waals surface area contributed by atoms with E-state index in [0.717, 1.165) is 50.0 Å². The first kappa shape index (κ1) is 21.8.